The van der Waals surface area contributed by atoms with Crippen LogP contribution in [0.1, 0.15) is 78.5 Å². The molecule has 1 aliphatic carbocycles. The smallest absolute Gasteiger partial charge is 0.416 e. The maximum atomic E-state index is 14.2. The first-order chi connectivity index (χ1) is 18.8. The molecule has 0 aromatic heterocycles. The summed E-state index contributed by atoms with van der Waals surface area (Å²) in [5.74, 6) is -5.00. The Morgan fingerprint density at radius 3 is 2.15 bits per heavy atom. The number of carboxylic acid groups (broad SMARTS) is 1. The number of aliphatic imine (C=N–C) groups is 1. The van der Waals surface area contributed by atoms with E-state index in [0.29, 0.717) is 12.0 Å². The maximum absolute atomic E-state index is 14.2. The van der Waals surface area contributed by atoms with Crippen molar-refractivity contribution >= 4 is 23.5 Å². The third-order valence-electron chi connectivity index (χ3n) is 7.34. The Labute approximate surface area is 227 Å². The van der Waals surface area contributed by atoms with Gasteiger partial charge in [0.25, 0.3) is 11.8 Å². The highest BCUT2D eigenvalue weighted by Crippen LogP contribution is 2.48. The van der Waals surface area contributed by atoms with Crippen molar-refractivity contribution in [3.05, 3.63) is 70.8 Å². The highest BCUT2D eigenvalue weighted by Gasteiger charge is 2.54. The molecule has 2 aromatic rings. The van der Waals surface area contributed by atoms with Gasteiger partial charge in [-0.2, -0.15) is 13.2 Å². The predicted octanol–water partition coefficient (Wildman–Crippen LogP) is 5.60. The van der Waals surface area contributed by atoms with Crippen LogP contribution >= 0.6 is 0 Å². The molecular weight excluding hydrogens is 537 g/mol. The summed E-state index contributed by atoms with van der Waals surface area (Å²) in [6, 6.07) is 9.73. The van der Waals surface area contributed by atoms with Gasteiger partial charge in [-0.05, 0) is 49.1 Å². The predicted molar refractivity (Wildman–Crippen MR) is 135 cm³/mol. The molecule has 2 N–H and O–H groups in total. The summed E-state index contributed by atoms with van der Waals surface area (Å²) in [4.78, 5) is 42.9. The minimum Gasteiger partial charge on any atom is -0.481 e. The SMILES string of the molecule is CCC(c1ccc(C(=O)NCCC(=O)O)cc1)N1C(=O)C(c2ccc(C(F)(F)F)cc2)=NC12CCC(F)(F)CC2. The van der Waals surface area contributed by atoms with Gasteiger partial charge in [0.2, 0.25) is 5.92 Å². The lowest BCUT2D eigenvalue weighted by molar-refractivity contribution is -0.138. The molecular formula is C28H28F5N3O4. The van der Waals surface area contributed by atoms with Gasteiger partial charge in [0.05, 0.1) is 18.0 Å². The fourth-order valence-electron chi connectivity index (χ4n) is 5.23. The third-order valence-corrected chi connectivity index (χ3v) is 7.34. The van der Waals surface area contributed by atoms with Gasteiger partial charge in [-0.1, -0.05) is 31.2 Å². The van der Waals surface area contributed by atoms with Crippen LogP contribution in [0, 0.1) is 0 Å². The molecule has 0 radical (unpaired) electrons. The average Bonchev–Trinajstić information content (AvgIpc) is 3.18. The second-order valence-electron chi connectivity index (χ2n) is 9.99. The van der Waals surface area contributed by atoms with Crippen LogP contribution in [0.15, 0.2) is 53.5 Å². The van der Waals surface area contributed by atoms with Crippen molar-refractivity contribution in [1.29, 1.82) is 0 Å². The monoisotopic (exact) mass is 565 g/mol. The zero-order valence-corrected chi connectivity index (χ0v) is 21.6. The lowest BCUT2D eigenvalue weighted by Crippen LogP contribution is -2.52. The van der Waals surface area contributed by atoms with Gasteiger partial charge in [0, 0.05) is 30.5 Å². The van der Waals surface area contributed by atoms with Crippen LogP contribution in [0.25, 0.3) is 0 Å². The first-order valence-corrected chi connectivity index (χ1v) is 12.9. The van der Waals surface area contributed by atoms with Gasteiger partial charge in [-0.25, -0.2) is 8.78 Å². The van der Waals surface area contributed by atoms with E-state index >= 15 is 0 Å². The van der Waals surface area contributed by atoms with Crippen molar-refractivity contribution in [3.8, 4) is 0 Å². The number of carboxylic acids is 1. The van der Waals surface area contributed by atoms with Crippen molar-refractivity contribution in [2.45, 2.75) is 69.3 Å². The number of carbonyl (C=O) groups excluding carboxylic acids is 2. The summed E-state index contributed by atoms with van der Waals surface area (Å²) in [7, 11) is 0. The van der Waals surface area contributed by atoms with Crippen LogP contribution in [0.5, 0.6) is 0 Å². The van der Waals surface area contributed by atoms with E-state index in [0.717, 1.165) is 24.3 Å². The number of benzene rings is 2. The summed E-state index contributed by atoms with van der Waals surface area (Å²) in [6.45, 7) is 1.76. The zero-order chi connectivity index (χ0) is 29.3. The number of carbonyl (C=O) groups is 3. The van der Waals surface area contributed by atoms with E-state index in [-0.39, 0.29) is 42.6 Å². The van der Waals surface area contributed by atoms with Gasteiger partial charge >= 0.3 is 12.1 Å². The second-order valence-corrected chi connectivity index (χ2v) is 9.99. The molecule has 1 heterocycles. The average molecular weight is 566 g/mol. The molecule has 1 saturated carbocycles. The van der Waals surface area contributed by atoms with Crippen molar-refractivity contribution < 1.29 is 41.4 Å². The Hall–Kier alpha value is -3.83. The number of hydrogen-bond acceptors (Lipinski definition) is 4. The van der Waals surface area contributed by atoms with Gasteiger partial charge in [0.15, 0.2) is 0 Å². The molecule has 1 atom stereocenters. The highest BCUT2D eigenvalue weighted by molar-refractivity contribution is 6.46. The fourth-order valence-corrected chi connectivity index (χ4v) is 5.23. The summed E-state index contributed by atoms with van der Waals surface area (Å²) < 4.78 is 67.6. The summed E-state index contributed by atoms with van der Waals surface area (Å²) in [5, 5.41) is 11.2. The van der Waals surface area contributed by atoms with E-state index in [4.69, 9.17) is 5.11 Å². The zero-order valence-electron chi connectivity index (χ0n) is 21.6. The highest BCUT2D eigenvalue weighted by atomic mass is 19.4. The van der Waals surface area contributed by atoms with Crippen LogP contribution in [0.4, 0.5) is 22.0 Å². The molecule has 1 spiro atoms. The summed E-state index contributed by atoms with van der Waals surface area (Å²) in [6.07, 6.45) is -5.63. The summed E-state index contributed by atoms with van der Waals surface area (Å²) in [5.41, 5.74) is -1.19. The van der Waals surface area contributed by atoms with Crippen LogP contribution in [-0.2, 0) is 15.8 Å². The first-order valence-electron chi connectivity index (χ1n) is 12.9. The van der Waals surface area contributed by atoms with E-state index in [2.05, 4.69) is 10.3 Å². The number of nitrogens with zero attached hydrogens (tertiary/aromatic N) is 2. The summed E-state index contributed by atoms with van der Waals surface area (Å²) >= 11 is 0. The van der Waals surface area contributed by atoms with Crippen molar-refractivity contribution in [2.24, 2.45) is 4.99 Å². The van der Waals surface area contributed by atoms with E-state index in [1.54, 1.807) is 12.1 Å². The maximum Gasteiger partial charge on any atom is 0.416 e. The number of aliphatic carboxylic acids is 1. The minimum absolute atomic E-state index is 0.0486. The number of amides is 2. The van der Waals surface area contributed by atoms with Gasteiger partial charge in [-0.3, -0.25) is 19.4 Å². The molecule has 1 aliphatic heterocycles. The molecule has 40 heavy (non-hydrogen) atoms. The lowest BCUT2D eigenvalue weighted by Gasteiger charge is -2.45. The molecule has 1 unspecified atom stereocenters. The van der Waals surface area contributed by atoms with E-state index in [1.807, 2.05) is 6.92 Å². The standard InChI is InChI=1S/C28H28F5N3O4/c1-2-21(17-3-5-19(6-4-17)24(39)34-16-11-22(37)38)36-25(40)23(18-7-9-20(10-8-18)28(31,32)33)35-27(36)14-12-26(29,30)13-15-27/h3-10,21H,2,11-16H2,1H3,(H,34,39)(H,37,38). The number of alkyl halides is 5. The van der Waals surface area contributed by atoms with E-state index in [1.165, 1.54) is 17.0 Å². The molecule has 7 nitrogen and oxygen atoms in total. The number of nitrogens with one attached hydrogen (secondary N) is 1. The van der Waals surface area contributed by atoms with Crippen LogP contribution in [0.2, 0.25) is 0 Å². The number of rotatable bonds is 8. The number of halogens is 5. The Kier molecular flexibility index (Phi) is 8.00. The van der Waals surface area contributed by atoms with Crippen molar-refractivity contribution in [3.63, 3.8) is 0 Å². The van der Waals surface area contributed by atoms with Crippen molar-refractivity contribution in [2.75, 3.05) is 6.54 Å². The normalized spacial score (nSPS) is 18.9. The second kappa shape index (κ2) is 11.0. The Morgan fingerprint density at radius 1 is 1.02 bits per heavy atom. The van der Waals surface area contributed by atoms with Crippen LogP contribution in [-0.4, -0.2) is 51.6 Å². The van der Waals surface area contributed by atoms with E-state index < -0.39 is 60.0 Å². The lowest BCUT2D eigenvalue weighted by atomic mass is 9.84. The molecule has 214 valence electrons. The van der Waals surface area contributed by atoms with Crippen LogP contribution in [0.3, 0.4) is 0 Å². The van der Waals surface area contributed by atoms with Crippen LogP contribution < -0.4 is 5.32 Å². The Bertz CT molecular complexity index is 1300. The fraction of sp³-hybridized carbons (Fsp3) is 0.429. The topological polar surface area (TPSA) is 99.1 Å². The Morgan fingerprint density at radius 2 is 1.62 bits per heavy atom. The molecule has 2 aliphatic rings. The van der Waals surface area contributed by atoms with Crippen molar-refractivity contribution in [1.82, 2.24) is 10.2 Å². The minimum atomic E-state index is -4.56. The molecule has 2 aromatic carbocycles. The largest absolute Gasteiger partial charge is 0.481 e. The first kappa shape index (κ1) is 29.2. The molecule has 12 heteroatoms. The third kappa shape index (κ3) is 6.00. The van der Waals surface area contributed by atoms with E-state index in [9.17, 15) is 36.3 Å². The quantitative estimate of drug-likeness (QED) is 0.407. The molecule has 0 saturated heterocycles. The molecule has 4 rings (SSSR count). The molecule has 0 bridgehead atoms. The molecule has 1 fully saturated rings. The van der Waals surface area contributed by atoms with Gasteiger partial charge in [0.1, 0.15) is 11.4 Å². The van der Waals surface area contributed by atoms with Gasteiger partial charge in [-0.15, -0.1) is 0 Å². The number of hydrogen-bond donors (Lipinski definition) is 2. The van der Waals surface area contributed by atoms with Gasteiger partial charge < -0.3 is 15.3 Å². The molecule has 2 amide bonds. The Balaban J connectivity index is 1.65.